The number of ether oxygens (including phenoxy) is 2. The predicted octanol–water partition coefficient (Wildman–Crippen LogP) is 3.63. The number of rotatable bonds is 9. The molecule has 1 N–H and O–H groups in total. The van der Waals surface area contributed by atoms with E-state index in [1.165, 1.54) is 0 Å². The molecule has 2 aliphatic heterocycles. The molecule has 36 heavy (non-hydrogen) atoms. The second-order valence-corrected chi connectivity index (χ2v) is 9.46. The monoisotopic (exact) mass is 493 g/mol. The van der Waals surface area contributed by atoms with E-state index >= 15 is 0 Å². The van der Waals surface area contributed by atoms with Crippen LogP contribution >= 0.6 is 0 Å². The van der Waals surface area contributed by atoms with Crippen LogP contribution in [0.3, 0.4) is 0 Å². The molecule has 2 unspecified atom stereocenters. The molecular formula is C28H35N3O5. The van der Waals surface area contributed by atoms with E-state index in [9.17, 15) is 14.4 Å². The molecule has 8 heteroatoms. The van der Waals surface area contributed by atoms with Crippen molar-refractivity contribution >= 4 is 23.4 Å². The summed E-state index contributed by atoms with van der Waals surface area (Å²) in [5, 5.41) is 3.12. The van der Waals surface area contributed by atoms with Crippen LogP contribution in [0, 0.1) is 12.8 Å². The van der Waals surface area contributed by atoms with Crippen LogP contribution in [-0.2, 0) is 14.4 Å². The molecule has 0 aliphatic carbocycles. The van der Waals surface area contributed by atoms with Crippen LogP contribution in [0.5, 0.6) is 11.5 Å². The molecule has 0 bridgehead atoms. The Morgan fingerprint density at radius 3 is 2.58 bits per heavy atom. The van der Waals surface area contributed by atoms with E-state index in [1.54, 1.807) is 12.0 Å². The van der Waals surface area contributed by atoms with Crippen molar-refractivity contribution in [2.45, 2.75) is 45.6 Å². The van der Waals surface area contributed by atoms with Gasteiger partial charge in [-0.05, 0) is 49.9 Å². The third kappa shape index (κ3) is 5.64. The first kappa shape index (κ1) is 25.5. The molecule has 2 fully saturated rings. The standard InChI is InChI=1S/C28H35N3O5/c1-4-22(21-9-5-6-10-24(21)36-18-27(33)30-13-7-8-14-30)29-28(34)20-16-26(32)31(17-20)23-15-19(2)11-12-25(23)35-3/h5-6,9-12,15,20,22H,4,7-8,13-14,16-18H2,1-3H3,(H,29,34). The largest absolute Gasteiger partial charge is 0.495 e. The van der Waals surface area contributed by atoms with Crippen molar-refractivity contribution in [3.63, 3.8) is 0 Å². The van der Waals surface area contributed by atoms with Gasteiger partial charge in [-0.15, -0.1) is 0 Å². The van der Waals surface area contributed by atoms with Gasteiger partial charge in [-0.3, -0.25) is 14.4 Å². The molecule has 0 radical (unpaired) electrons. The van der Waals surface area contributed by atoms with Crippen molar-refractivity contribution < 1.29 is 23.9 Å². The Bertz CT molecular complexity index is 1110. The SMILES string of the molecule is CCC(NC(=O)C1CC(=O)N(c2cc(C)ccc2OC)C1)c1ccccc1OCC(=O)N1CCCC1. The summed E-state index contributed by atoms with van der Waals surface area (Å²) in [4.78, 5) is 42.0. The maximum atomic E-state index is 13.3. The van der Waals surface area contributed by atoms with E-state index in [2.05, 4.69) is 5.32 Å². The van der Waals surface area contributed by atoms with E-state index in [4.69, 9.17) is 9.47 Å². The number of benzene rings is 2. The summed E-state index contributed by atoms with van der Waals surface area (Å²) in [5.41, 5.74) is 2.52. The number of amides is 3. The zero-order chi connectivity index (χ0) is 25.7. The average molecular weight is 494 g/mol. The minimum absolute atomic E-state index is 0.0180. The molecule has 2 atom stereocenters. The first-order chi connectivity index (χ1) is 17.4. The second-order valence-electron chi connectivity index (χ2n) is 9.46. The average Bonchev–Trinajstić information content (AvgIpc) is 3.56. The highest BCUT2D eigenvalue weighted by Crippen LogP contribution is 2.34. The maximum absolute atomic E-state index is 13.3. The highest BCUT2D eigenvalue weighted by molar-refractivity contribution is 6.01. The summed E-state index contributed by atoms with van der Waals surface area (Å²) in [6.07, 6.45) is 2.85. The number of hydrogen-bond acceptors (Lipinski definition) is 5. The van der Waals surface area contributed by atoms with Crippen molar-refractivity contribution in [2.75, 3.05) is 38.3 Å². The summed E-state index contributed by atoms with van der Waals surface area (Å²) in [7, 11) is 1.57. The molecular weight excluding hydrogens is 458 g/mol. The number of nitrogens with one attached hydrogen (secondary N) is 1. The van der Waals surface area contributed by atoms with Crippen molar-refractivity contribution in [3.05, 3.63) is 53.6 Å². The van der Waals surface area contributed by atoms with Crippen LogP contribution in [0.25, 0.3) is 0 Å². The van der Waals surface area contributed by atoms with Gasteiger partial charge in [-0.2, -0.15) is 0 Å². The molecule has 0 spiro atoms. The fourth-order valence-corrected chi connectivity index (χ4v) is 4.91. The highest BCUT2D eigenvalue weighted by atomic mass is 16.5. The number of aryl methyl sites for hydroxylation is 1. The van der Waals surface area contributed by atoms with Gasteiger partial charge in [0, 0.05) is 31.6 Å². The van der Waals surface area contributed by atoms with Crippen molar-refractivity contribution in [1.29, 1.82) is 0 Å². The normalized spacial score (nSPS) is 18.3. The summed E-state index contributed by atoms with van der Waals surface area (Å²) in [6.45, 7) is 5.78. The van der Waals surface area contributed by atoms with Gasteiger partial charge in [0.05, 0.1) is 24.8 Å². The Kier molecular flexibility index (Phi) is 8.13. The fraction of sp³-hybridized carbons (Fsp3) is 0.464. The zero-order valence-electron chi connectivity index (χ0n) is 21.3. The van der Waals surface area contributed by atoms with Gasteiger partial charge in [0.1, 0.15) is 11.5 Å². The molecule has 2 saturated heterocycles. The number of hydrogen-bond donors (Lipinski definition) is 1. The maximum Gasteiger partial charge on any atom is 0.260 e. The molecule has 2 aliphatic rings. The minimum atomic E-state index is -0.471. The van der Waals surface area contributed by atoms with Gasteiger partial charge < -0.3 is 24.6 Å². The first-order valence-electron chi connectivity index (χ1n) is 12.7. The number of carbonyl (C=O) groups is 3. The Morgan fingerprint density at radius 2 is 1.86 bits per heavy atom. The van der Waals surface area contributed by atoms with Gasteiger partial charge in [0.25, 0.3) is 5.91 Å². The van der Waals surface area contributed by atoms with E-state index in [0.29, 0.717) is 30.2 Å². The molecule has 8 nitrogen and oxygen atoms in total. The molecule has 0 aromatic heterocycles. The van der Waals surface area contributed by atoms with Crippen LogP contribution in [-0.4, -0.2) is 56.0 Å². The van der Waals surface area contributed by atoms with Crippen molar-refractivity contribution in [3.8, 4) is 11.5 Å². The molecule has 2 aromatic carbocycles. The number of carbonyl (C=O) groups excluding carboxylic acids is 3. The van der Waals surface area contributed by atoms with Gasteiger partial charge in [-0.1, -0.05) is 31.2 Å². The summed E-state index contributed by atoms with van der Waals surface area (Å²) in [6, 6.07) is 12.9. The number of anilines is 1. The smallest absolute Gasteiger partial charge is 0.260 e. The molecule has 0 saturated carbocycles. The van der Waals surface area contributed by atoms with Crippen molar-refractivity contribution in [1.82, 2.24) is 10.2 Å². The third-order valence-electron chi connectivity index (χ3n) is 6.95. The van der Waals surface area contributed by atoms with Gasteiger partial charge in [0.2, 0.25) is 11.8 Å². The number of likely N-dealkylation sites (tertiary alicyclic amines) is 1. The van der Waals surface area contributed by atoms with E-state index in [0.717, 1.165) is 37.1 Å². The lowest BCUT2D eigenvalue weighted by atomic mass is 10.0. The molecule has 4 rings (SSSR count). The van der Waals surface area contributed by atoms with E-state index < -0.39 is 5.92 Å². The zero-order valence-corrected chi connectivity index (χ0v) is 21.3. The van der Waals surface area contributed by atoms with Crippen LogP contribution in [0.4, 0.5) is 5.69 Å². The first-order valence-corrected chi connectivity index (χ1v) is 12.7. The lowest BCUT2D eigenvalue weighted by Gasteiger charge is -2.23. The molecule has 3 amide bonds. The van der Waals surface area contributed by atoms with Gasteiger partial charge in [-0.25, -0.2) is 0 Å². The lowest BCUT2D eigenvalue weighted by molar-refractivity contribution is -0.132. The predicted molar refractivity (Wildman–Crippen MR) is 137 cm³/mol. The van der Waals surface area contributed by atoms with E-state index in [1.807, 2.05) is 61.2 Å². The van der Waals surface area contributed by atoms with Crippen LogP contribution in [0.15, 0.2) is 42.5 Å². The molecule has 192 valence electrons. The van der Waals surface area contributed by atoms with Crippen molar-refractivity contribution in [2.24, 2.45) is 5.92 Å². The molecule has 2 heterocycles. The Balaban J connectivity index is 1.43. The van der Waals surface area contributed by atoms with E-state index in [-0.39, 0.29) is 36.8 Å². The van der Waals surface area contributed by atoms with Crippen LogP contribution < -0.4 is 19.7 Å². The highest BCUT2D eigenvalue weighted by Gasteiger charge is 2.37. The Labute approximate surface area is 212 Å². The third-order valence-corrected chi connectivity index (χ3v) is 6.95. The minimum Gasteiger partial charge on any atom is -0.495 e. The van der Waals surface area contributed by atoms with Gasteiger partial charge >= 0.3 is 0 Å². The van der Waals surface area contributed by atoms with Crippen LogP contribution in [0.1, 0.15) is 49.8 Å². The quantitative estimate of drug-likeness (QED) is 0.577. The summed E-state index contributed by atoms with van der Waals surface area (Å²) >= 11 is 0. The number of nitrogens with zero attached hydrogens (tertiary/aromatic N) is 2. The second kappa shape index (κ2) is 11.5. The topological polar surface area (TPSA) is 88.2 Å². The van der Waals surface area contributed by atoms with Crippen LogP contribution in [0.2, 0.25) is 0 Å². The lowest BCUT2D eigenvalue weighted by Crippen LogP contribution is -2.36. The fourth-order valence-electron chi connectivity index (χ4n) is 4.91. The number of para-hydroxylation sites is 1. The molecule has 2 aromatic rings. The number of methoxy groups -OCH3 is 1. The summed E-state index contributed by atoms with van der Waals surface area (Å²) in [5.74, 6) is 0.433. The Morgan fingerprint density at radius 1 is 1.11 bits per heavy atom. The summed E-state index contributed by atoms with van der Waals surface area (Å²) < 4.78 is 11.4. The Hall–Kier alpha value is -3.55. The van der Waals surface area contributed by atoms with Gasteiger partial charge in [0.15, 0.2) is 6.61 Å².